The van der Waals surface area contributed by atoms with Crippen LogP contribution in [0.3, 0.4) is 0 Å². The molecule has 0 unspecified atom stereocenters. The number of nitrogens with one attached hydrogen (secondary N) is 1. The van der Waals surface area contributed by atoms with E-state index in [9.17, 15) is 8.42 Å². The number of nitriles is 1. The van der Waals surface area contributed by atoms with Crippen LogP contribution in [-0.2, 0) is 10.0 Å². The number of rotatable bonds is 4. The molecule has 2 heterocycles. The average Bonchev–Trinajstić information content (AvgIpc) is 2.42. The van der Waals surface area contributed by atoms with E-state index in [0.29, 0.717) is 6.54 Å². The van der Waals surface area contributed by atoms with Crippen LogP contribution in [0.5, 0.6) is 0 Å². The Balaban J connectivity index is 1.94. The molecule has 1 N–H and O–H groups in total. The van der Waals surface area contributed by atoms with Crippen molar-refractivity contribution in [1.29, 1.82) is 5.26 Å². The van der Waals surface area contributed by atoms with E-state index in [1.807, 2.05) is 4.90 Å². The van der Waals surface area contributed by atoms with Gasteiger partial charge < -0.3 is 0 Å². The van der Waals surface area contributed by atoms with Crippen molar-refractivity contribution in [3.8, 4) is 6.07 Å². The molecule has 0 bridgehead atoms. The molecule has 102 valence electrons. The molecule has 0 spiro atoms. The van der Waals surface area contributed by atoms with Gasteiger partial charge in [0.2, 0.25) is 10.0 Å². The third-order valence-electron chi connectivity index (χ3n) is 3.15. The highest BCUT2D eigenvalue weighted by Gasteiger charge is 2.24. The van der Waals surface area contributed by atoms with E-state index >= 15 is 0 Å². The summed E-state index contributed by atoms with van der Waals surface area (Å²) in [5.41, 5.74) is 0. The third-order valence-corrected chi connectivity index (χ3v) is 4.65. The molecule has 0 amide bonds. The number of sulfonamides is 1. The second-order valence-corrected chi connectivity index (χ2v) is 6.23. The highest BCUT2D eigenvalue weighted by molar-refractivity contribution is 7.89. The average molecular weight is 280 g/mol. The molecule has 1 aromatic heterocycles. The molecule has 0 saturated carbocycles. The minimum Gasteiger partial charge on any atom is -0.290 e. The fraction of sp³-hybridized carbons (Fsp3) is 0.500. The molecular weight excluding hydrogens is 264 g/mol. The molecule has 1 aromatic rings. The Morgan fingerprint density at radius 2 is 2.21 bits per heavy atom. The van der Waals surface area contributed by atoms with Gasteiger partial charge in [0.15, 0.2) is 0 Å². The molecule has 1 fully saturated rings. The monoisotopic (exact) mass is 280 g/mol. The Morgan fingerprint density at radius 3 is 2.79 bits per heavy atom. The molecule has 19 heavy (non-hydrogen) atoms. The Hall–Kier alpha value is -1.49. The number of nitrogens with zero attached hydrogens (tertiary/aromatic N) is 3. The molecule has 0 radical (unpaired) electrons. The summed E-state index contributed by atoms with van der Waals surface area (Å²) in [5.74, 6) is 0. The molecule has 0 aromatic carbocycles. The zero-order valence-corrected chi connectivity index (χ0v) is 11.3. The van der Waals surface area contributed by atoms with Gasteiger partial charge in [0, 0.05) is 31.5 Å². The first kappa shape index (κ1) is 13.9. The largest absolute Gasteiger partial charge is 0.290 e. The minimum absolute atomic E-state index is 0.0693. The van der Waals surface area contributed by atoms with Crippen molar-refractivity contribution < 1.29 is 8.42 Å². The van der Waals surface area contributed by atoms with Gasteiger partial charge in [0.25, 0.3) is 0 Å². The number of aromatic nitrogens is 1. The molecular formula is C12H16N4O2S. The van der Waals surface area contributed by atoms with Gasteiger partial charge in [-0.1, -0.05) is 0 Å². The zero-order valence-electron chi connectivity index (χ0n) is 10.5. The number of hydrogen-bond acceptors (Lipinski definition) is 5. The minimum atomic E-state index is -3.49. The van der Waals surface area contributed by atoms with Crippen LogP contribution in [-0.4, -0.2) is 44.0 Å². The van der Waals surface area contributed by atoms with Gasteiger partial charge in [-0.05, 0) is 25.0 Å². The lowest BCUT2D eigenvalue weighted by Crippen LogP contribution is -2.44. The predicted octanol–water partition coefficient (Wildman–Crippen LogP) is 0.348. The maximum Gasteiger partial charge on any atom is 0.242 e. The van der Waals surface area contributed by atoms with E-state index in [1.165, 1.54) is 12.3 Å². The van der Waals surface area contributed by atoms with Crippen LogP contribution >= 0.6 is 0 Å². The first-order chi connectivity index (χ1) is 9.12. The van der Waals surface area contributed by atoms with Gasteiger partial charge in [0.05, 0.1) is 12.6 Å². The summed E-state index contributed by atoms with van der Waals surface area (Å²) in [7, 11) is -3.49. The van der Waals surface area contributed by atoms with E-state index in [4.69, 9.17) is 5.26 Å². The molecule has 1 aliphatic rings. The van der Waals surface area contributed by atoms with E-state index in [0.717, 1.165) is 25.9 Å². The molecule has 0 aliphatic carbocycles. The van der Waals surface area contributed by atoms with Crippen molar-refractivity contribution in [3.63, 3.8) is 0 Å². The summed E-state index contributed by atoms with van der Waals surface area (Å²) in [6, 6.07) is 5.17. The number of likely N-dealkylation sites (tertiary alicyclic amines) is 1. The molecule has 7 heteroatoms. The fourth-order valence-corrected chi connectivity index (χ4v) is 3.37. The molecule has 2 rings (SSSR count). The lowest BCUT2D eigenvalue weighted by molar-refractivity contribution is 0.229. The Kier molecular flexibility index (Phi) is 4.47. The lowest BCUT2D eigenvalue weighted by atomic mass is 10.1. The Morgan fingerprint density at radius 1 is 1.47 bits per heavy atom. The highest BCUT2D eigenvalue weighted by Crippen LogP contribution is 2.13. The fourth-order valence-electron chi connectivity index (χ4n) is 2.10. The summed E-state index contributed by atoms with van der Waals surface area (Å²) in [4.78, 5) is 6.03. The van der Waals surface area contributed by atoms with Crippen LogP contribution in [0.25, 0.3) is 0 Å². The first-order valence-corrected chi connectivity index (χ1v) is 7.62. The van der Waals surface area contributed by atoms with Crippen LogP contribution in [0.15, 0.2) is 29.4 Å². The number of piperidine rings is 1. The van der Waals surface area contributed by atoms with E-state index in [2.05, 4.69) is 15.8 Å². The van der Waals surface area contributed by atoms with Crippen LogP contribution in [0, 0.1) is 11.3 Å². The summed E-state index contributed by atoms with van der Waals surface area (Å²) >= 11 is 0. The Labute approximate surface area is 113 Å². The van der Waals surface area contributed by atoms with E-state index < -0.39 is 10.0 Å². The van der Waals surface area contributed by atoms with Crippen LogP contribution in [0.2, 0.25) is 0 Å². The SMILES string of the molecule is N#CCN1CCC(NS(=O)(=O)c2cccnc2)CC1. The van der Waals surface area contributed by atoms with Crippen LogP contribution in [0.1, 0.15) is 12.8 Å². The van der Waals surface area contributed by atoms with E-state index in [-0.39, 0.29) is 10.9 Å². The quantitative estimate of drug-likeness (QED) is 0.804. The van der Waals surface area contributed by atoms with Gasteiger partial charge in [-0.2, -0.15) is 5.26 Å². The summed E-state index contributed by atoms with van der Waals surface area (Å²) in [5, 5.41) is 8.61. The summed E-state index contributed by atoms with van der Waals surface area (Å²) in [6.45, 7) is 1.89. The molecule has 1 aliphatic heterocycles. The van der Waals surface area contributed by atoms with Crippen molar-refractivity contribution in [3.05, 3.63) is 24.5 Å². The first-order valence-electron chi connectivity index (χ1n) is 6.13. The molecule has 1 saturated heterocycles. The standard InChI is InChI=1S/C12H16N4O2S/c13-5-9-16-7-3-11(4-8-16)15-19(17,18)12-2-1-6-14-10-12/h1-2,6,10-11,15H,3-4,7-9H2. The maximum atomic E-state index is 12.1. The smallest absolute Gasteiger partial charge is 0.242 e. The van der Waals surface area contributed by atoms with Crippen molar-refractivity contribution >= 4 is 10.0 Å². The normalized spacial score (nSPS) is 18.1. The van der Waals surface area contributed by atoms with Crippen molar-refractivity contribution in [2.45, 2.75) is 23.8 Å². The lowest BCUT2D eigenvalue weighted by Gasteiger charge is -2.30. The molecule has 0 atom stereocenters. The second-order valence-electron chi connectivity index (χ2n) is 4.52. The summed E-state index contributed by atoms with van der Waals surface area (Å²) in [6.07, 6.45) is 4.33. The number of pyridine rings is 1. The third kappa shape index (κ3) is 3.73. The van der Waals surface area contributed by atoms with Gasteiger partial charge >= 0.3 is 0 Å². The van der Waals surface area contributed by atoms with Gasteiger partial charge in [-0.15, -0.1) is 0 Å². The van der Waals surface area contributed by atoms with Crippen molar-refractivity contribution in [2.24, 2.45) is 0 Å². The predicted molar refractivity (Wildman–Crippen MR) is 69.6 cm³/mol. The van der Waals surface area contributed by atoms with Gasteiger partial charge in [0.1, 0.15) is 4.90 Å². The Bertz CT molecular complexity index is 545. The summed E-state index contributed by atoms with van der Waals surface area (Å²) < 4.78 is 26.9. The van der Waals surface area contributed by atoms with Crippen molar-refractivity contribution in [1.82, 2.24) is 14.6 Å². The zero-order chi connectivity index (χ0) is 13.7. The van der Waals surface area contributed by atoms with Crippen molar-refractivity contribution in [2.75, 3.05) is 19.6 Å². The molecule has 6 nitrogen and oxygen atoms in total. The van der Waals surface area contributed by atoms with Crippen LogP contribution in [0.4, 0.5) is 0 Å². The number of hydrogen-bond donors (Lipinski definition) is 1. The highest BCUT2D eigenvalue weighted by atomic mass is 32.2. The topological polar surface area (TPSA) is 86.1 Å². The van der Waals surface area contributed by atoms with Crippen LogP contribution < -0.4 is 4.72 Å². The van der Waals surface area contributed by atoms with Gasteiger partial charge in [-0.25, -0.2) is 13.1 Å². The van der Waals surface area contributed by atoms with Gasteiger partial charge in [-0.3, -0.25) is 9.88 Å². The second kappa shape index (κ2) is 6.10. The van der Waals surface area contributed by atoms with E-state index in [1.54, 1.807) is 12.3 Å². The maximum absolute atomic E-state index is 12.1.